The van der Waals surface area contributed by atoms with Gasteiger partial charge in [0.1, 0.15) is 5.58 Å². The van der Waals surface area contributed by atoms with Gasteiger partial charge in [-0.15, -0.1) is 0 Å². The first-order valence-electron chi connectivity index (χ1n) is 10.1. The lowest BCUT2D eigenvalue weighted by atomic mass is 10.1. The third-order valence-electron chi connectivity index (χ3n) is 5.35. The van der Waals surface area contributed by atoms with Crippen molar-refractivity contribution in [3.63, 3.8) is 0 Å². The molecule has 0 atom stereocenters. The van der Waals surface area contributed by atoms with E-state index in [1.54, 1.807) is 24.4 Å². The van der Waals surface area contributed by atoms with Gasteiger partial charge in [-0.1, -0.05) is 18.2 Å². The lowest BCUT2D eigenvalue weighted by molar-refractivity contribution is 0.0600. The maximum atomic E-state index is 12.4. The molecule has 32 heavy (non-hydrogen) atoms. The molecule has 0 fully saturated rings. The van der Waals surface area contributed by atoms with Crippen molar-refractivity contribution in [2.75, 3.05) is 7.11 Å². The zero-order valence-electron chi connectivity index (χ0n) is 18.3. The number of amides is 1. The number of carbonyl (C=O) groups is 2. The molecule has 0 saturated carbocycles. The van der Waals surface area contributed by atoms with Crippen LogP contribution >= 0.6 is 0 Å². The number of hydrazone groups is 1. The molecule has 0 aliphatic rings. The highest BCUT2D eigenvalue weighted by Gasteiger charge is 2.14. The fourth-order valence-electron chi connectivity index (χ4n) is 3.75. The number of carbonyl (C=O) groups excluding carboxylic acids is 2. The minimum absolute atomic E-state index is 0.204. The number of methoxy groups -OCH3 is 1. The van der Waals surface area contributed by atoms with E-state index >= 15 is 0 Å². The Labute approximate surface area is 185 Å². The Morgan fingerprint density at radius 1 is 1.06 bits per heavy atom. The summed E-state index contributed by atoms with van der Waals surface area (Å²) in [6.45, 7) is 5.91. The zero-order valence-corrected chi connectivity index (χ0v) is 18.3. The van der Waals surface area contributed by atoms with Crippen molar-refractivity contribution in [1.82, 2.24) is 9.99 Å². The van der Waals surface area contributed by atoms with Crippen LogP contribution < -0.4 is 5.43 Å². The van der Waals surface area contributed by atoms with Gasteiger partial charge in [-0.3, -0.25) is 4.79 Å². The van der Waals surface area contributed by atoms with E-state index in [1.165, 1.54) is 7.11 Å². The molecule has 0 aliphatic heterocycles. The average molecular weight is 429 g/mol. The highest BCUT2D eigenvalue weighted by molar-refractivity contribution is 5.96. The normalized spacial score (nSPS) is 11.2. The zero-order chi connectivity index (χ0) is 22.8. The first-order chi connectivity index (χ1) is 15.4. The lowest BCUT2D eigenvalue weighted by Gasteiger charge is -2.13. The van der Waals surface area contributed by atoms with Crippen LogP contribution in [0.25, 0.3) is 16.7 Å². The van der Waals surface area contributed by atoms with Crippen LogP contribution in [0, 0.1) is 20.8 Å². The number of fused-ring (bicyclic) bond motifs is 1. The summed E-state index contributed by atoms with van der Waals surface area (Å²) in [5.41, 5.74) is 8.40. The third-order valence-corrected chi connectivity index (χ3v) is 5.35. The molecule has 0 unspecified atom stereocenters. The van der Waals surface area contributed by atoms with Crippen molar-refractivity contribution < 1.29 is 18.7 Å². The number of benzene rings is 2. The Bertz CT molecular complexity index is 1330. The molecule has 1 amide bonds. The van der Waals surface area contributed by atoms with Gasteiger partial charge in [0, 0.05) is 28.0 Å². The molecule has 4 aromatic rings. The van der Waals surface area contributed by atoms with Crippen LogP contribution in [0.1, 0.15) is 43.4 Å². The molecule has 2 aromatic carbocycles. The molecule has 0 saturated heterocycles. The summed E-state index contributed by atoms with van der Waals surface area (Å²) in [5.74, 6) is -0.579. The summed E-state index contributed by atoms with van der Waals surface area (Å²) < 4.78 is 12.4. The molecule has 0 spiro atoms. The number of aryl methyl sites for hydroxylation is 2. The van der Waals surface area contributed by atoms with Gasteiger partial charge in [0.25, 0.3) is 0 Å². The Balaban J connectivity index is 1.54. The van der Waals surface area contributed by atoms with Crippen LogP contribution in [-0.4, -0.2) is 29.8 Å². The molecule has 0 aliphatic carbocycles. The van der Waals surface area contributed by atoms with Gasteiger partial charge >= 0.3 is 11.9 Å². The smallest absolute Gasteiger partial charge is 0.337 e. The largest absolute Gasteiger partial charge is 0.465 e. The Kier molecular flexibility index (Phi) is 5.64. The van der Waals surface area contributed by atoms with E-state index < -0.39 is 5.91 Å². The fraction of sp³-hybridized carbons (Fsp3) is 0.160. The van der Waals surface area contributed by atoms with Gasteiger partial charge in [-0.2, -0.15) is 5.10 Å². The van der Waals surface area contributed by atoms with Crippen LogP contribution in [0.3, 0.4) is 0 Å². The molecule has 2 heterocycles. The van der Waals surface area contributed by atoms with Crippen molar-refractivity contribution in [2.24, 2.45) is 5.10 Å². The second kappa shape index (κ2) is 8.55. The van der Waals surface area contributed by atoms with E-state index in [0.29, 0.717) is 11.1 Å². The molecule has 1 N–H and O–H groups in total. The molecular formula is C25H23N3O4. The topological polar surface area (TPSA) is 85.8 Å². The predicted octanol–water partition coefficient (Wildman–Crippen LogP) is 4.70. The van der Waals surface area contributed by atoms with Crippen molar-refractivity contribution in [3.05, 3.63) is 88.4 Å². The monoisotopic (exact) mass is 429 g/mol. The van der Waals surface area contributed by atoms with Crippen molar-refractivity contribution in [3.8, 4) is 5.69 Å². The highest BCUT2D eigenvalue weighted by Crippen LogP contribution is 2.24. The molecule has 7 nitrogen and oxygen atoms in total. The van der Waals surface area contributed by atoms with E-state index in [9.17, 15) is 9.59 Å². The number of rotatable bonds is 5. The molecule has 0 radical (unpaired) electrons. The predicted molar refractivity (Wildman–Crippen MR) is 123 cm³/mol. The van der Waals surface area contributed by atoms with Crippen molar-refractivity contribution >= 4 is 29.1 Å². The van der Waals surface area contributed by atoms with Gasteiger partial charge in [-0.05, 0) is 62.7 Å². The summed E-state index contributed by atoms with van der Waals surface area (Å²) in [6, 6.07) is 16.6. The maximum Gasteiger partial charge on any atom is 0.337 e. The van der Waals surface area contributed by atoms with E-state index in [-0.39, 0.29) is 11.7 Å². The number of esters is 1. The summed E-state index contributed by atoms with van der Waals surface area (Å²) in [4.78, 5) is 24.2. The molecule has 162 valence electrons. The second-order valence-corrected chi connectivity index (χ2v) is 7.50. The minimum Gasteiger partial charge on any atom is -0.465 e. The number of aromatic nitrogens is 1. The number of hydrogen-bond acceptors (Lipinski definition) is 5. The van der Waals surface area contributed by atoms with Crippen LogP contribution in [-0.2, 0) is 4.74 Å². The lowest BCUT2D eigenvalue weighted by Crippen LogP contribution is -2.16. The van der Waals surface area contributed by atoms with E-state index in [0.717, 1.165) is 33.6 Å². The molecular weight excluding hydrogens is 406 g/mol. The van der Waals surface area contributed by atoms with E-state index in [2.05, 4.69) is 15.1 Å². The Morgan fingerprint density at radius 3 is 2.56 bits per heavy atom. The van der Waals surface area contributed by atoms with Crippen molar-refractivity contribution in [2.45, 2.75) is 20.8 Å². The van der Waals surface area contributed by atoms with Crippen molar-refractivity contribution in [1.29, 1.82) is 0 Å². The van der Waals surface area contributed by atoms with E-state index in [4.69, 9.17) is 9.15 Å². The van der Waals surface area contributed by atoms with Crippen LogP contribution in [0.15, 0.2) is 64.1 Å². The number of para-hydroxylation sites is 1. The van der Waals surface area contributed by atoms with Gasteiger partial charge in [0.05, 0.1) is 18.9 Å². The summed E-state index contributed by atoms with van der Waals surface area (Å²) in [6.07, 6.45) is 1.61. The summed E-state index contributed by atoms with van der Waals surface area (Å²) in [7, 11) is 1.37. The fourth-order valence-corrected chi connectivity index (χ4v) is 3.75. The number of nitrogens with one attached hydrogen (secondary N) is 1. The molecule has 2 aromatic heterocycles. The number of ether oxygens (including phenoxy) is 1. The first kappa shape index (κ1) is 21.1. The second-order valence-electron chi connectivity index (χ2n) is 7.50. The first-order valence-corrected chi connectivity index (χ1v) is 10.1. The van der Waals surface area contributed by atoms with Crippen LogP contribution in [0.2, 0.25) is 0 Å². The standard InChI is InChI=1S/C25H23N3O4/c1-15-11-19(25(30)31-4)9-10-21(15)28-16(2)12-20(17(28)3)14-26-27-24(29)23-13-18-7-5-6-8-22(18)32-23/h5-14H,1-4H3,(H,27,29)/b26-14+. The van der Waals surface area contributed by atoms with Gasteiger partial charge in [0.15, 0.2) is 5.76 Å². The quantitative estimate of drug-likeness (QED) is 0.283. The van der Waals surface area contributed by atoms with Gasteiger partial charge in [-0.25, -0.2) is 10.2 Å². The Hall–Kier alpha value is -4.13. The molecule has 0 bridgehead atoms. The van der Waals surface area contributed by atoms with Gasteiger partial charge < -0.3 is 13.7 Å². The minimum atomic E-state index is -0.416. The maximum absolute atomic E-state index is 12.4. The summed E-state index contributed by atoms with van der Waals surface area (Å²) >= 11 is 0. The number of furan rings is 1. The number of hydrogen-bond donors (Lipinski definition) is 1. The van der Waals surface area contributed by atoms with Gasteiger partial charge in [0.2, 0.25) is 0 Å². The number of nitrogens with zero attached hydrogens (tertiary/aromatic N) is 2. The Morgan fingerprint density at radius 2 is 1.84 bits per heavy atom. The molecule has 7 heteroatoms. The SMILES string of the molecule is COC(=O)c1ccc(-n2c(C)cc(/C=N/NC(=O)c3cc4ccccc4o3)c2C)c(C)c1. The van der Waals surface area contributed by atoms with Crippen LogP contribution in [0.4, 0.5) is 0 Å². The molecule has 4 rings (SSSR count). The highest BCUT2D eigenvalue weighted by atomic mass is 16.5. The third kappa shape index (κ3) is 3.92. The van der Waals surface area contributed by atoms with E-state index in [1.807, 2.05) is 57.2 Å². The van der Waals surface area contributed by atoms with Crippen LogP contribution in [0.5, 0.6) is 0 Å². The average Bonchev–Trinajstić information content (AvgIpc) is 3.34. The summed E-state index contributed by atoms with van der Waals surface area (Å²) in [5, 5.41) is 4.97.